The molecule has 1 rings (SSSR count). The van der Waals surface area contributed by atoms with Gasteiger partial charge in [-0.25, -0.2) is 8.42 Å². The monoisotopic (exact) mass is 321 g/mol. The average Bonchev–Trinajstić information content (AvgIpc) is 2.47. The predicted octanol–water partition coefficient (Wildman–Crippen LogP) is 1.71. The summed E-state index contributed by atoms with van der Waals surface area (Å²) in [6, 6.07) is 6.64. The van der Waals surface area contributed by atoms with Crippen molar-refractivity contribution in [2.75, 3.05) is 40.5 Å². The molecule has 0 fully saturated rings. The number of alkyl halides is 1. The molecule has 1 aromatic carbocycles. The molecule has 0 aliphatic heterocycles. The summed E-state index contributed by atoms with van der Waals surface area (Å²) in [5, 5.41) is 0. The predicted molar refractivity (Wildman–Crippen MR) is 78.5 cm³/mol. The molecule has 0 heterocycles. The van der Waals surface area contributed by atoms with E-state index in [0.29, 0.717) is 13.2 Å². The lowest BCUT2D eigenvalue weighted by atomic mass is 10.2. The Morgan fingerprint density at radius 1 is 1.15 bits per heavy atom. The summed E-state index contributed by atoms with van der Waals surface area (Å²) < 4.78 is 36.4. The third-order valence-corrected chi connectivity index (χ3v) is 4.98. The normalized spacial score (nSPS) is 12.0. The van der Waals surface area contributed by atoms with E-state index in [9.17, 15) is 8.42 Å². The molecule has 0 atom stereocenters. The van der Waals surface area contributed by atoms with Gasteiger partial charge in [0, 0.05) is 33.2 Å². The maximum absolute atomic E-state index is 12.6. The van der Waals surface area contributed by atoms with Crippen LogP contribution in [0.1, 0.15) is 5.56 Å². The van der Waals surface area contributed by atoms with E-state index in [1.807, 2.05) is 0 Å². The van der Waals surface area contributed by atoms with Gasteiger partial charge in [0.15, 0.2) is 0 Å². The Kier molecular flexibility index (Phi) is 7.47. The molecule has 0 N–H and O–H groups in total. The first-order chi connectivity index (χ1) is 9.56. The highest BCUT2D eigenvalue weighted by Gasteiger charge is 2.24. The van der Waals surface area contributed by atoms with Crippen LogP contribution in [0.4, 0.5) is 0 Å². The summed E-state index contributed by atoms with van der Waals surface area (Å²) >= 11 is 5.75. The molecule has 20 heavy (non-hydrogen) atoms. The number of benzene rings is 1. The van der Waals surface area contributed by atoms with Crippen molar-refractivity contribution in [3.8, 4) is 0 Å². The first-order valence-electron chi connectivity index (χ1n) is 6.19. The zero-order valence-corrected chi connectivity index (χ0v) is 13.3. The Morgan fingerprint density at radius 2 is 1.75 bits per heavy atom. The number of halogens is 1. The molecule has 0 amide bonds. The largest absolute Gasteiger partial charge is 0.383 e. The SMILES string of the molecule is COCCN(CCOC)S(=O)(=O)c1cccc(CCl)c1. The first kappa shape index (κ1) is 17.4. The average molecular weight is 322 g/mol. The Morgan fingerprint density at radius 3 is 2.25 bits per heavy atom. The number of methoxy groups -OCH3 is 2. The molecule has 7 heteroatoms. The van der Waals surface area contributed by atoms with Crippen LogP contribution in [0.25, 0.3) is 0 Å². The van der Waals surface area contributed by atoms with Crippen molar-refractivity contribution >= 4 is 21.6 Å². The standard InChI is InChI=1S/C13H20ClNO4S/c1-18-8-6-15(7-9-19-2)20(16,17)13-5-3-4-12(10-13)11-14/h3-5,10H,6-9,11H2,1-2H3. The van der Waals surface area contributed by atoms with E-state index in [2.05, 4.69) is 0 Å². The Bertz CT molecular complexity index is 499. The molecule has 0 aliphatic carbocycles. The molecule has 0 bridgehead atoms. The van der Waals surface area contributed by atoms with Gasteiger partial charge in [-0.15, -0.1) is 11.6 Å². The van der Waals surface area contributed by atoms with E-state index in [1.54, 1.807) is 24.3 Å². The highest BCUT2D eigenvalue weighted by Crippen LogP contribution is 2.18. The van der Waals surface area contributed by atoms with E-state index in [1.165, 1.54) is 18.5 Å². The van der Waals surface area contributed by atoms with Gasteiger partial charge in [-0.1, -0.05) is 12.1 Å². The van der Waals surface area contributed by atoms with Gasteiger partial charge in [0.1, 0.15) is 0 Å². The van der Waals surface area contributed by atoms with E-state index in [-0.39, 0.29) is 23.9 Å². The minimum absolute atomic E-state index is 0.239. The van der Waals surface area contributed by atoms with Crippen molar-refractivity contribution in [2.24, 2.45) is 0 Å². The molecule has 114 valence electrons. The second-order valence-electron chi connectivity index (χ2n) is 4.17. The second-order valence-corrected chi connectivity index (χ2v) is 6.38. The third-order valence-electron chi connectivity index (χ3n) is 2.78. The Balaban J connectivity index is 3.00. The summed E-state index contributed by atoms with van der Waals surface area (Å²) in [5.74, 6) is 0.277. The maximum atomic E-state index is 12.6. The summed E-state index contributed by atoms with van der Waals surface area (Å²) in [5.41, 5.74) is 0.770. The van der Waals surface area contributed by atoms with E-state index >= 15 is 0 Å². The zero-order chi connectivity index (χ0) is 15.0. The quantitative estimate of drug-likeness (QED) is 0.650. The van der Waals surface area contributed by atoms with Crippen LogP contribution in [0.15, 0.2) is 29.2 Å². The van der Waals surface area contributed by atoms with Crippen molar-refractivity contribution in [2.45, 2.75) is 10.8 Å². The lowest BCUT2D eigenvalue weighted by molar-refractivity contribution is 0.150. The maximum Gasteiger partial charge on any atom is 0.243 e. The minimum Gasteiger partial charge on any atom is -0.383 e. The molecular formula is C13H20ClNO4S. The fourth-order valence-corrected chi connectivity index (χ4v) is 3.32. The molecule has 0 aromatic heterocycles. The van der Waals surface area contributed by atoms with Crippen LogP contribution in [0.5, 0.6) is 0 Å². The van der Waals surface area contributed by atoms with Crippen LogP contribution >= 0.6 is 11.6 Å². The van der Waals surface area contributed by atoms with Crippen LogP contribution in [0.2, 0.25) is 0 Å². The number of ether oxygens (including phenoxy) is 2. The zero-order valence-electron chi connectivity index (χ0n) is 11.7. The van der Waals surface area contributed by atoms with Crippen LogP contribution in [0, 0.1) is 0 Å². The van der Waals surface area contributed by atoms with Crippen LogP contribution in [-0.2, 0) is 25.4 Å². The van der Waals surface area contributed by atoms with Crippen molar-refractivity contribution in [1.29, 1.82) is 0 Å². The molecule has 1 aromatic rings. The van der Waals surface area contributed by atoms with Gasteiger partial charge >= 0.3 is 0 Å². The van der Waals surface area contributed by atoms with Crippen LogP contribution < -0.4 is 0 Å². The number of hydrogen-bond acceptors (Lipinski definition) is 4. The van der Waals surface area contributed by atoms with Gasteiger partial charge in [0.05, 0.1) is 18.1 Å². The number of hydrogen-bond donors (Lipinski definition) is 0. The van der Waals surface area contributed by atoms with Crippen LogP contribution in [-0.4, -0.2) is 53.2 Å². The molecule has 0 unspecified atom stereocenters. The third kappa shape index (κ3) is 4.71. The second kappa shape index (κ2) is 8.59. The highest BCUT2D eigenvalue weighted by molar-refractivity contribution is 7.89. The van der Waals surface area contributed by atoms with E-state index in [4.69, 9.17) is 21.1 Å². The molecule has 0 saturated heterocycles. The minimum atomic E-state index is -3.56. The van der Waals surface area contributed by atoms with Crippen molar-refractivity contribution in [3.05, 3.63) is 29.8 Å². The lowest BCUT2D eigenvalue weighted by Crippen LogP contribution is -2.36. The number of nitrogens with zero attached hydrogens (tertiary/aromatic N) is 1. The van der Waals surface area contributed by atoms with Crippen molar-refractivity contribution < 1.29 is 17.9 Å². The molecule has 5 nitrogen and oxygen atoms in total. The van der Waals surface area contributed by atoms with Gasteiger partial charge in [-0.05, 0) is 17.7 Å². The Hall–Kier alpha value is -0.660. The number of rotatable bonds is 9. The van der Waals surface area contributed by atoms with E-state index < -0.39 is 10.0 Å². The molecular weight excluding hydrogens is 302 g/mol. The highest BCUT2D eigenvalue weighted by atomic mass is 35.5. The van der Waals surface area contributed by atoms with Crippen molar-refractivity contribution in [3.63, 3.8) is 0 Å². The molecule has 0 saturated carbocycles. The van der Waals surface area contributed by atoms with Gasteiger partial charge in [0.2, 0.25) is 10.0 Å². The van der Waals surface area contributed by atoms with Gasteiger partial charge < -0.3 is 9.47 Å². The van der Waals surface area contributed by atoms with Crippen molar-refractivity contribution in [1.82, 2.24) is 4.31 Å². The fraction of sp³-hybridized carbons (Fsp3) is 0.538. The lowest BCUT2D eigenvalue weighted by Gasteiger charge is -2.21. The summed E-state index contributed by atoms with van der Waals surface area (Å²) in [6.45, 7) is 1.23. The summed E-state index contributed by atoms with van der Waals surface area (Å²) in [6.07, 6.45) is 0. The summed E-state index contributed by atoms with van der Waals surface area (Å²) in [4.78, 5) is 0.239. The van der Waals surface area contributed by atoms with Gasteiger partial charge in [0.25, 0.3) is 0 Å². The summed E-state index contributed by atoms with van der Waals surface area (Å²) in [7, 11) is -0.490. The molecule has 0 aliphatic rings. The smallest absolute Gasteiger partial charge is 0.243 e. The topological polar surface area (TPSA) is 55.8 Å². The Labute approximate surface area is 125 Å². The van der Waals surface area contributed by atoms with Gasteiger partial charge in [-0.3, -0.25) is 0 Å². The molecule has 0 radical (unpaired) electrons. The molecule has 0 spiro atoms. The number of sulfonamides is 1. The fourth-order valence-electron chi connectivity index (χ4n) is 1.68. The van der Waals surface area contributed by atoms with Crippen LogP contribution in [0.3, 0.4) is 0 Å². The first-order valence-corrected chi connectivity index (χ1v) is 8.16. The van der Waals surface area contributed by atoms with E-state index in [0.717, 1.165) is 5.56 Å². The van der Waals surface area contributed by atoms with Gasteiger partial charge in [-0.2, -0.15) is 4.31 Å².